The van der Waals surface area contributed by atoms with E-state index in [4.69, 9.17) is 5.11 Å². The van der Waals surface area contributed by atoms with Crippen LogP contribution in [-0.4, -0.2) is 30.3 Å². The van der Waals surface area contributed by atoms with Crippen LogP contribution in [0, 0.1) is 17.3 Å². The van der Waals surface area contributed by atoms with Gasteiger partial charge in [-0.15, -0.1) is 0 Å². The molecule has 6 heteroatoms. The lowest BCUT2D eigenvalue weighted by atomic mass is 9.81. The Morgan fingerprint density at radius 2 is 1.79 bits per heavy atom. The standard InChI is InChI=1S/C13H20F3NO2/c14-13(15,16)10-3-1-9(2-4-10)11(19)17-7-12(8-18)5-6-12/h9-10,18H,1-8H2,(H,17,19). The lowest BCUT2D eigenvalue weighted by molar-refractivity contribution is -0.184. The van der Waals surface area contributed by atoms with Gasteiger partial charge >= 0.3 is 6.18 Å². The first-order valence-corrected chi connectivity index (χ1v) is 6.82. The van der Waals surface area contributed by atoms with Crippen LogP contribution in [0.2, 0.25) is 0 Å². The highest BCUT2D eigenvalue weighted by Crippen LogP contribution is 2.44. The van der Waals surface area contributed by atoms with E-state index in [1.807, 2.05) is 0 Å². The van der Waals surface area contributed by atoms with Crippen molar-refractivity contribution in [3.63, 3.8) is 0 Å². The van der Waals surface area contributed by atoms with Crippen LogP contribution in [0.15, 0.2) is 0 Å². The normalized spacial score (nSPS) is 29.9. The second-order valence-electron chi connectivity index (χ2n) is 5.97. The first-order chi connectivity index (χ1) is 8.86. The molecule has 3 nitrogen and oxygen atoms in total. The molecule has 0 spiro atoms. The van der Waals surface area contributed by atoms with Crippen LogP contribution in [-0.2, 0) is 4.79 Å². The summed E-state index contributed by atoms with van der Waals surface area (Å²) in [7, 11) is 0. The number of hydrogen-bond donors (Lipinski definition) is 2. The third kappa shape index (κ3) is 3.61. The number of rotatable bonds is 4. The zero-order chi connectivity index (χ0) is 14.1. The minimum Gasteiger partial charge on any atom is -0.396 e. The summed E-state index contributed by atoms with van der Waals surface area (Å²) in [5.41, 5.74) is -0.154. The van der Waals surface area contributed by atoms with Gasteiger partial charge in [0.15, 0.2) is 0 Å². The Morgan fingerprint density at radius 3 is 2.21 bits per heavy atom. The molecule has 110 valence electrons. The average Bonchev–Trinajstić information content (AvgIpc) is 3.16. The molecule has 2 aliphatic rings. The van der Waals surface area contributed by atoms with E-state index in [1.165, 1.54) is 0 Å². The number of hydrogen-bond acceptors (Lipinski definition) is 2. The lowest BCUT2D eigenvalue weighted by Gasteiger charge is -2.29. The van der Waals surface area contributed by atoms with Gasteiger partial charge in [-0.2, -0.15) is 13.2 Å². The number of aliphatic hydroxyl groups excluding tert-OH is 1. The molecule has 0 heterocycles. The van der Waals surface area contributed by atoms with Crippen molar-refractivity contribution < 1.29 is 23.1 Å². The fraction of sp³-hybridized carbons (Fsp3) is 0.923. The topological polar surface area (TPSA) is 49.3 Å². The molecule has 2 saturated carbocycles. The molecule has 0 aromatic carbocycles. The maximum Gasteiger partial charge on any atom is 0.391 e. The van der Waals surface area contributed by atoms with Crippen LogP contribution in [0.1, 0.15) is 38.5 Å². The van der Waals surface area contributed by atoms with Crippen molar-refractivity contribution in [3.8, 4) is 0 Å². The number of alkyl halides is 3. The van der Waals surface area contributed by atoms with Crippen molar-refractivity contribution in [1.82, 2.24) is 5.32 Å². The van der Waals surface area contributed by atoms with Crippen molar-refractivity contribution in [2.24, 2.45) is 17.3 Å². The largest absolute Gasteiger partial charge is 0.396 e. The van der Waals surface area contributed by atoms with E-state index in [1.54, 1.807) is 0 Å². The van der Waals surface area contributed by atoms with E-state index in [-0.39, 0.29) is 36.7 Å². The van der Waals surface area contributed by atoms with Crippen molar-refractivity contribution in [2.45, 2.75) is 44.7 Å². The van der Waals surface area contributed by atoms with Gasteiger partial charge in [-0.25, -0.2) is 0 Å². The summed E-state index contributed by atoms with van der Waals surface area (Å²) >= 11 is 0. The number of nitrogens with one attached hydrogen (secondary N) is 1. The Labute approximate surface area is 110 Å². The predicted molar refractivity (Wildman–Crippen MR) is 63.3 cm³/mol. The van der Waals surface area contributed by atoms with Crippen LogP contribution < -0.4 is 5.32 Å². The predicted octanol–water partition coefficient (Wildman–Crippen LogP) is 2.24. The van der Waals surface area contributed by atoms with E-state index in [0.29, 0.717) is 19.4 Å². The highest BCUT2D eigenvalue weighted by molar-refractivity contribution is 5.78. The zero-order valence-corrected chi connectivity index (χ0v) is 10.8. The molecular weight excluding hydrogens is 259 g/mol. The monoisotopic (exact) mass is 279 g/mol. The van der Waals surface area contributed by atoms with Gasteiger partial charge in [0.2, 0.25) is 5.91 Å². The number of carbonyl (C=O) groups is 1. The second kappa shape index (κ2) is 5.31. The van der Waals surface area contributed by atoms with E-state index >= 15 is 0 Å². The number of carbonyl (C=O) groups excluding carboxylic acids is 1. The van der Waals surface area contributed by atoms with Gasteiger partial charge in [0.1, 0.15) is 0 Å². The number of amides is 1. The van der Waals surface area contributed by atoms with Crippen molar-refractivity contribution in [3.05, 3.63) is 0 Å². The van der Waals surface area contributed by atoms with Crippen molar-refractivity contribution >= 4 is 5.91 Å². The second-order valence-corrected chi connectivity index (χ2v) is 5.97. The number of halogens is 3. The van der Waals surface area contributed by atoms with E-state index in [0.717, 1.165) is 12.8 Å². The quantitative estimate of drug-likeness (QED) is 0.829. The maximum absolute atomic E-state index is 12.5. The third-order valence-corrected chi connectivity index (χ3v) is 4.49. The molecule has 2 rings (SSSR count). The van der Waals surface area contributed by atoms with E-state index in [9.17, 15) is 18.0 Å². The molecule has 0 atom stereocenters. The van der Waals surface area contributed by atoms with Crippen LogP contribution in [0.25, 0.3) is 0 Å². The Morgan fingerprint density at radius 1 is 1.21 bits per heavy atom. The molecule has 0 unspecified atom stereocenters. The van der Waals surface area contributed by atoms with E-state index < -0.39 is 12.1 Å². The summed E-state index contributed by atoms with van der Waals surface area (Å²) in [6.07, 6.45) is -1.60. The molecule has 0 aliphatic heterocycles. The van der Waals surface area contributed by atoms with E-state index in [2.05, 4.69) is 5.32 Å². The molecule has 2 aliphatic carbocycles. The van der Waals surface area contributed by atoms with Gasteiger partial charge in [0, 0.05) is 17.9 Å². The van der Waals surface area contributed by atoms with Gasteiger partial charge in [-0.3, -0.25) is 4.79 Å². The van der Waals surface area contributed by atoms with Gasteiger partial charge < -0.3 is 10.4 Å². The zero-order valence-electron chi connectivity index (χ0n) is 10.8. The highest BCUT2D eigenvalue weighted by atomic mass is 19.4. The Kier molecular flexibility index (Phi) is 4.08. The van der Waals surface area contributed by atoms with Crippen LogP contribution in [0.4, 0.5) is 13.2 Å². The summed E-state index contributed by atoms with van der Waals surface area (Å²) in [5, 5.41) is 11.9. The van der Waals surface area contributed by atoms with Gasteiger partial charge in [-0.05, 0) is 38.5 Å². The molecule has 2 fully saturated rings. The van der Waals surface area contributed by atoms with Crippen LogP contribution in [0.3, 0.4) is 0 Å². The molecule has 0 bridgehead atoms. The third-order valence-electron chi connectivity index (χ3n) is 4.49. The van der Waals surface area contributed by atoms with Gasteiger partial charge in [0.05, 0.1) is 12.5 Å². The number of aliphatic hydroxyl groups is 1. The molecule has 2 N–H and O–H groups in total. The first-order valence-electron chi connectivity index (χ1n) is 6.82. The molecule has 0 aromatic heterocycles. The first kappa shape index (κ1) is 14.6. The Bertz CT molecular complexity index is 331. The Balaban J connectivity index is 1.73. The summed E-state index contributed by atoms with van der Waals surface area (Å²) in [5.74, 6) is -1.70. The summed E-state index contributed by atoms with van der Waals surface area (Å²) in [4.78, 5) is 11.9. The smallest absolute Gasteiger partial charge is 0.391 e. The summed E-state index contributed by atoms with van der Waals surface area (Å²) in [6, 6.07) is 0. The fourth-order valence-electron chi connectivity index (χ4n) is 2.67. The van der Waals surface area contributed by atoms with Gasteiger partial charge in [0.25, 0.3) is 0 Å². The minimum absolute atomic E-state index is 0.0483. The van der Waals surface area contributed by atoms with Gasteiger partial charge in [-0.1, -0.05) is 0 Å². The van der Waals surface area contributed by atoms with Crippen molar-refractivity contribution in [2.75, 3.05) is 13.2 Å². The lowest BCUT2D eigenvalue weighted by Crippen LogP contribution is -2.39. The molecular formula is C13H20F3NO2. The summed E-state index contributed by atoms with van der Waals surface area (Å²) < 4.78 is 37.5. The fourth-order valence-corrected chi connectivity index (χ4v) is 2.67. The molecule has 1 amide bonds. The van der Waals surface area contributed by atoms with Crippen molar-refractivity contribution in [1.29, 1.82) is 0 Å². The maximum atomic E-state index is 12.5. The van der Waals surface area contributed by atoms with Crippen LogP contribution in [0.5, 0.6) is 0 Å². The molecule has 19 heavy (non-hydrogen) atoms. The highest BCUT2D eigenvalue weighted by Gasteiger charge is 2.44. The summed E-state index contributed by atoms with van der Waals surface area (Å²) in [6.45, 7) is 0.510. The Hall–Kier alpha value is -0.780. The molecule has 0 aromatic rings. The molecule has 0 saturated heterocycles. The minimum atomic E-state index is -4.13. The average molecular weight is 279 g/mol. The van der Waals surface area contributed by atoms with Crippen LogP contribution >= 0.6 is 0 Å². The SMILES string of the molecule is O=C(NCC1(CO)CC1)C1CCC(C(F)(F)F)CC1. The molecule has 0 radical (unpaired) electrons.